The van der Waals surface area contributed by atoms with Crippen LogP contribution in [-0.2, 0) is 33.6 Å². The molecule has 0 aliphatic heterocycles. The Hall–Kier alpha value is -4.48. The SMILES string of the molecule is NC(=O)CC(NC(=O)C(CC(=O)O)NC(=O)C(N)CCCN=C(N)N)C(=O)NC(CCC(=O)O)C(=O)O. The smallest absolute Gasteiger partial charge is 0.326 e. The number of nitrogens with zero attached hydrogens (tertiary/aromatic N) is 1. The van der Waals surface area contributed by atoms with E-state index in [1.165, 1.54) is 0 Å². The molecule has 0 aromatic heterocycles. The van der Waals surface area contributed by atoms with Crippen molar-refractivity contribution >= 4 is 47.5 Å². The molecule has 18 nitrogen and oxygen atoms in total. The molecule has 14 N–H and O–H groups in total. The minimum atomic E-state index is -1.77. The van der Waals surface area contributed by atoms with Crippen molar-refractivity contribution in [1.29, 1.82) is 0 Å². The van der Waals surface area contributed by atoms with Crippen molar-refractivity contribution in [3.05, 3.63) is 0 Å². The van der Waals surface area contributed by atoms with Crippen LogP contribution in [0, 0.1) is 0 Å². The summed E-state index contributed by atoms with van der Waals surface area (Å²) in [6, 6.07) is -6.35. The first-order chi connectivity index (χ1) is 17.1. The zero-order chi connectivity index (χ0) is 28.7. The summed E-state index contributed by atoms with van der Waals surface area (Å²) in [4.78, 5) is 86.0. The normalized spacial score (nSPS) is 13.6. The summed E-state index contributed by atoms with van der Waals surface area (Å²) in [5.74, 6) is -8.97. The molecular formula is C19H32N8O10. The van der Waals surface area contributed by atoms with Crippen molar-refractivity contribution < 1.29 is 48.9 Å². The van der Waals surface area contributed by atoms with Crippen molar-refractivity contribution in [3.8, 4) is 0 Å². The second-order valence-electron chi connectivity index (χ2n) is 7.78. The highest BCUT2D eigenvalue weighted by Crippen LogP contribution is 2.04. The van der Waals surface area contributed by atoms with Gasteiger partial charge < -0.3 is 54.2 Å². The van der Waals surface area contributed by atoms with Crippen molar-refractivity contribution in [2.24, 2.45) is 27.9 Å². The predicted molar refractivity (Wildman–Crippen MR) is 124 cm³/mol. The molecule has 0 aliphatic rings. The van der Waals surface area contributed by atoms with Crippen LogP contribution in [0.25, 0.3) is 0 Å². The van der Waals surface area contributed by atoms with Crippen LogP contribution in [0.1, 0.15) is 38.5 Å². The Morgan fingerprint density at radius 3 is 1.68 bits per heavy atom. The number of carboxylic acid groups (broad SMARTS) is 3. The first kappa shape index (κ1) is 32.5. The molecule has 0 heterocycles. The molecule has 4 unspecified atom stereocenters. The summed E-state index contributed by atoms with van der Waals surface area (Å²) in [5, 5.41) is 33.2. The Balaban J connectivity index is 5.46. The number of carboxylic acids is 3. The Labute approximate surface area is 210 Å². The van der Waals surface area contributed by atoms with E-state index in [-0.39, 0.29) is 25.3 Å². The standard InChI is InChI=1S/C19H32N8O10/c20-8(2-1-5-24-19(22)23)15(33)26-11(7-14(31)32)17(35)27-10(6-12(21)28)16(34)25-9(18(36)37)3-4-13(29)30/h8-11H,1-7,20H2,(H2,21,28)(H,25,34)(H,26,33)(H,27,35)(H,29,30)(H,31,32)(H,36,37)(H4,22,23,24). The minimum Gasteiger partial charge on any atom is -0.481 e. The van der Waals surface area contributed by atoms with Crippen LogP contribution in [-0.4, -0.2) is 93.5 Å². The van der Waals surface area contributed by atoms with Gasteiger partial charge >= 0.3 is 17.9 Å². The molecule has 4 amide bonds. The highest BCUT2D eigenvalue weighted by atomic mass is 16.4. The maximum absolute atomic E-state index is 12.7. The molecule has 0 aromatic rings. The van der Waals surface area contributed by atoms with E-state index in [0.717, 1.165) is 0 Å². The Morgan fingerprint density at radius 1 is 0.703 bits per heavy atom. The second kappa shape index (κ2) is 16.2. The van der Waals surface area contributed by atoms with Crippen LogP contribution < -0.4 is 38.9 Å². The summed E-state index contributed by atoms with van der Waals surface area (Å²) in [6.07, 6.45) is -2.50. The lowest BCUT2D eigenvalue weighted by Gasteiger charge is -2.24. The lowest BCUT2D eigenvalue weighted by Crippen LogP contribution is -2.58. The molecule has 37 heavy (non-hydrogen) atoms. The average Bonchev–Trinajstić information content (AvgIpc) is 2.76. The third-order valence-electron chi connectivity index (χ3n) is 4.62. The van der Waals surface area contributed by atoms with E-state index in [2.05, 4.69) is 10.3 Å². The molecule has 18 heteroatoms. The number of hydrogen-bond donors (Lipinski definition) is 10. The van der Waals surface area contributed by atoms with Gasteiger partial charge in [0, 0.05) is 13.0 Å². The molecule has 0 radical (unpaired) electrons. The molecule has 0 aliphatic carbocycles. The summed E-state index contributed by atoms with van der Waals surface area (Å²) < 4.78 is 0. The number of nitrogens with one attached hydrogen (secondary N) is 3. The number of guanidine groups is 1. The van der Waals surface area contributed by atoms with Crippen molar-refractivity contribution in [2.45, 2.75) is 62.7 Å². The van der Waals surface area contributed by atoms with E-state index in [0.29, 0.717) is 0 Å². The maximum Gasteiger partial charge on any atom is 0.326 e. The van der Waals surface area contributed by atoms with Crippen molar-refractivity contribution in [3.63, 3.8) is 0 Å². The highest BCUT2D eigenvalue weighted by molar-refractivity contribution is 5.97. The molecular weight excluding hydrogens is 500 g/mol. The van der Waals surface area contributed by atoms with Gasteiger partial charge in [-0.2, -0.15) is 0 Å². The van der Waals surface area contributed by atoms with E-state index < -0.39 is 91.4 Å². The first-order valence-corrected chi connectivity index (χ1v) is 10.8. The fourth-order valence-electron chi connectivity index (χ4n) is 2.79. The number of amides is 4. The molecule has 0 fully saturated rings. The molecule has 0 rings (SSSR count). The molecule has 4 atom stereocenters. The molecule has 208 valence electrons. The van der Waals surface area contributed by atoms with Crippen LogP contribution >= 0.6 is 0 Å². The number of nitrogens with two attached hydrogens (primary N) is 4. The van der Waals surface area contributed by atoms with Gasteiger partial charge in [-0.25, -0.2) is 4.79 Å². The largest absolute Gasteiger partial charge is 0.481 e. The van der Waals surface area contributed by atoms with Gasteiger partial charge in [0.15, 0.2) is 5.96 Å². The van der Waals surface area contributed by atoms with Gasteiger partial charge in [-0.15, -0.1) is 0 Å². The zero-order valence-electron chi connectivity index (χ0n) is 19.7. The number of primary amides is 1. The van der Waals surface area contributed by atoms with Gasteiger partial charge in [-0.05, 0) is 19.3 Å². The van der Waals surface area contributed by atoms with Gasteiger partial charge in [-0.3, -0.25) is 33.8 Å². The zero-order valence-corrected chi connectivity index (χ0v) is 19.7. The minimum absolute atomic E-state index is 0.0731. The number of aliphatic imine (C=N–C) groups is 1. The topological polar surface area (TPSA) is 333 Å². The number of carbonyl (C=O) groups is 7. The number of carbonyl (C=O) groups excluding carboxylic acids is 4. The number of rotatable bonds is 18. The number of hydrogen-bond acceptors (Lipinski definition) is 9. The van der Waals surface area contributed by atoms with Gasteiger partial charge in [0.05, 0.1) is 18.9 Å². The molecule has 0 bridgehead atoms. The van der Waals surface area contributed by atoms with Gasteiger partial charge in [0.25, 0.3) is 0 Å². The van der Waals surface area contributed by atoms with Crippen molar-refractivity contribution in [1.82, 2.24) is 16.0 Å². The lowest BCUT2D eigenvalue weighted by atomic mass is 10.1. The van der Waals surface area contributed by atoms with E-state index in [1.807, 2.05) is 10.6 Å². The summed E-state index contributed by atoms with van der Waals surface area (Å²) in [6.45, 7) is 0.163. The number of aliphatic carboxylic acids is 3. The van der Waals surface area contributed by atoms with E-state index >= 15 is 0 Å². The average molecular weight is 533 g/mol. The fourth-order valence-corrected chi connectivity index (χ4v) is 2.79. The first-order valence-electron chi connectivity index (χ1n) is 10.8. The molecule has 0 aromatic carbocycles. The van der Waals surface area contributed by atoms with Crippen LogP contribution in [0.4, 0.5) is 0 Å². The molecule has 0 spiro atoms. The Bertz CT molecular complexity index is 905. The lowest BCUT2D eigenvalue weighted by molar-refractivity contribution is -0.144. The van der Waals surface area contributed by atoms with Crippen LogP contribution in [0.3, 0.4) is 0 Å². The second-order valence-corrected chi connectivity index (χ2v) is 7.78. The predicted octanol–water partition coefficient (Wildman–Crippen LogP) is -4.88. The van der Waals surface area contributed by atoms with Crippen LogP contribution in [0.2, 0.25) is 0 Å². The quantitative estimate of drug-likeness (QED) is 0.0450. The van der Waals surface area contributed by atoms with Gasteiger partial charge in [0.1, 0.15) is 18.1 Å². The Kier molecular flexibility index (Phi) is 14.3. The van der Waals surface area contributed by atoms with E-state index in [1.54, 1.807) is 0 Å². The van der Waals surface area contributed by atoms with Crippen LogP contribution in [0.5, 0.6) is 0 Å². The fraction of sp³-hybridized carbons (Fsp3) is 0.579. The summed E-state index contributed by atoms with van der Waals surface area (Å²) >= 11 is 0. The van der Waals surface area contributed by atoms with E-state index in [4.69, 9.17) is 33.1 Å². The van der Waals surface area contributed by atoms with E-state index in [9.17, 15) is 38.7 Å². The van der Waals surface area contributed by atoms with Gasteiger partial charge in [-0.1, -0.05) is 0 Å². The monoisotopic (exact) mass is 532 g/mol. The van der Waals surface area contributed by atoms with Gasteiger partial charge in [0.2, 0.25) is 23.6 Å². The van der Waals surface area contributed by atoms with Crippen LogP contribution in [0.15, 0.2) is 4.99 Å². The third kappa shape index (κ3) is 14.5. The third-order valence-corrected chi connectivity index (χ3v) is 4.62. The highest BCUT2D eigenvalue weighted by Gasteiger charge is 2.32. The molecule has 0 saturated heterocycles. The van der Waals surface area contributed by atoms with Crippen molar-refractivity contribution in [2.75, 3.05) is 6.54 Å². The summed E-state index contributed by atoms with van der Waals surface area (Å²) in [5.41, 5.74) is 21.2. The summed E-state index contributed by atoms with van der Waals surface area (Å²) in [7, 11) is 0. The Morgan fingerprint density at radius 2 is 1.22 bits per heavy atom. The maximum atomic E-state index is 12.7. The molecule has 0 saturated carbocycles.